The Labute approximate surface area is 174 Å². The molecule has 7 heteroatoms. The smallest absolute Gasteiger partial charge is 0.308 e. The summed E-state index contributed by atoms with van der Waals surface area (Å²) in [6, 6.07) is 13.3. The van der Waals surface area contributed by atoms with Crippen LogP contribution in [0.25, 0.3) is 0 Å². The minimum atomic E-state index is -0.928. The normalized spacial score (nSPS) is 14.2. The number of thioether (sulfide) groups is 1. The van der Waals surface area contributed by atoms with Crippen molar-refractivity contribution in [2.75, 3.05) is 22.5 Å². The maximum absolute atomic E-state index is 12.4. The third-order valence-electron chi connectivity index (χ3n) is 4.67. The maximum Gasteiger partial charge on any atom is 0.308 e. The summed E-state index contributed by atoms with van der Waals surface area (Å²) < 4.78 is 5.27. The van der Waals surface area contributed by atoms with Gasteiger partial charge in [0.2, 0.25) is 5.91 Å². The van der Waals surface area contributed by atoms with Gasteiger partial charge in [-0.15, -0.1) is 11.8 Å². The zero-order valence-corrected chi connectivity index (χ0v) is 17.5. The summed E-state index contributed by atoms with van der Waals surface area (Å²) in [7, 11) is 0. The predicted octanol–water partition coefficient (Wildman–Crippen LogP) is 3.70. The fraction of sp³-hybridized carbons (Fsp3) is 0.318. The summed E-state index contributed by atoms with van der Waals surface area (Å²) in [4.78, 5) is 39.5. The Hall–Kier alpha value is -2.80. The highest BCUT2D eigenvalue weighted by Crippen LogP contribution is 2.34. The number of nitrogens with one attached hydrogen (secondary N) is 1. The number of nitrogens with zero attached hydrogens (tertiary/aromatic N) is 1. The van der Waals surface area contributed by atoms with Crippen molar-refractivity contribution in [1.29, 1.82) is 0 Å². The summed E-state index contributed by atoms with van der Waals surface area (Å²) in [5.41, 5.74) is 3.54. The lowest BCUT2D eigenvalue weighted by molar-refractivity contribution is -0.152. The van der Waals surface area contributed by atoms with Gasteiger partial charge in [0.25, 0.3) is 5.91 Å². The van der Waals surface area contributed by atoms with Crippen molar-refractivity contribution in [2.24, 2.45) is 0 Å². The number of amides is 2. The fourth-order valence-corrected chi connectivity index (χ4v) is 4.04. The molecule has 152 valence electrons. The van der Waals surface area contributed by atoms with E-state index in [-0.39, 0.29) is 24.8 Å². The molecule has 3 rings (SSSR count). The summed E-state index contributed by atoms with van der Waals surface area (Å²) in [5.74, 6) is -0.596. The highest BCUT2D eigenvalue weighted by molar-refractivity contribution is 8.00. The van der Waals surface area contributed by atoms with Crippen molar-refractivity contribution < 1.29 is 19.1 Å². The number of carbonyl (C=O) groups is 3. The van der Waals surface area contributed by atoms with E-state index < -0.39 is 12.1 Å². The van der Waals surface area contributed by atoms with Crippen LogP contribution >= 0.6 is 11.8 Å². The van der Waals surface area contributed by atoms with Crippen molar-refractivity contribution in [2.45, 2.75) is 38.2 Å². The number of carbonyl (C=O) groups excluding carboxylic acids is 3. The molecule has 2 aromatic rings. The average Bonchev–Trinajstić information content (AvgIpc) is 2.69. The molecule has 1 N–H and O–H groups in total. The number of aryl methyl sites for hydroxylation is 2. The Balaban J connectivity index is 1.54. The van der Waals surface area contributed by atoms with E-state index in [1.807, 2.05) is 56.3 Å². The Morgan fingerprint density at radius 2 is 1.97 bits per heavy atom. The topological polar surface area (TPSA) is 75.7 Å². The number of rotatable bonds is 6. The number of hydrogen-bond acceptors (Lipinski definition) is 5. The fourth-order valence-electron chi connectivity index (χ4n) is 3.10. The van der Waals surface area contributed by atoms with Crippen molar-refractivity contribution in [3.05, 3.63) is 53.6 Å². The number of hydrogen-bond donors (Lipinski definition) is 1. The van der Waals surface area contributed by atoms with Crippen LogP contribution in [0.4, 0.5) is 11.4 Å². The quantitative estimate of drug-likeness (QED) is 0.732. The molecule has 1 atom stereocenters. The first-order chi connectivity index (χ1) is 13.8. The van der Waals surface area contributed by atoms with Gasteiger partial charge in [0.15, 0.2) is 6.10 Å². The van der Waals surface area contributed by atoms with E-state index in [1.54, 1.807) is 4.90 Å². The van der Waals surface area contributed by atoms with Gasteiger partial charge in [-0.2, -0.15) is 0 Å². The first kappa shape index (κ1) is 20.9. The Morgan fingerprint density at radius 3 is 2.72 bits per heavy atom. The monoisotopic (exact) mass is 412 g/mol. The third kappa shape index (κ3) is 5.17. The molecule has 2 amide bonds. The van der Waals surface area contributed by atoms with Gasteiger partial charge in [-0.05, 0) is 44.5 Å². The van der Waals surface area contributed by atoms with Crippen LogP contribution in [0.2, 0.25) is 0 Å². The number of para-hydroxylation sites is 1. The number of esters is 1. The molecule has 1 aliphatic heterocycles. The second-order valence-corrected chi connectivity index (χ2v) is 8.01. The second kappa shape index (κ2) is 9.13. The number of ether oxygens (including phenoxy) is 1. The van der Waals surface area contributed by atoms with Gasteiger partial charge in [0.1, 0.15) is 0 Å². The van der Waals surface area contributed by atoms with Crippen LogP contribution in [0.3, 0.4) is 0 Å². The average molecular weight is 413 g/mol. The van der Waals surface area contributed by atoms with Crippen LogP contribution in [-0.4, -0.2) is 36.2 Å². The van der Waals surface area contributed by atoms with E-state index in [1.165, 1.54) is 18.7 Å². The van der Waals surface area contributed by atoms with E-state index in [2.05, 4.69) is 5.32 Å². The van der Waals surface area contributed by atoms with Crippen LogP contribution < -0.4 is 10.2 Å². The lowest BCUT2D eigenvalue weighted by Gasteiger charge is -2.28. The van der Waals surface area contributed by atoms with Crippen LogP contribution in [-0.2, 0) is 19.1 Å². The van der Waals surface area contributed by atoms with Crippen molar-refractivity contribution in [3.8, 4) is 0 Å². The van der Waals surface area contributed by atoms with Crippen LogP contribution in [0.15, 0.2) is 47.4 Å². The summed E-state index contributed by atoms with van der Waals surface area (Å²) in [6.07, 6.45) is -0.908. The van der Waals surface area contributed by atoms with Crippen LogP contribution in [0, 0.1) is 13.8 Å². The summed E-state index contributed by atoms with van der Waals surface area (Å²) >= 11 is 1.49. The van der Waals surface area contributed by atoms with Gasteiger partial charge in [0.05, 0.1) is 17.9 Å². The first-order valence-electron chi connectivity index (χ1n) is 9.45. The minimum absolute atomic E-state index is 0.0198. The largest absolute Gasteiger partial charge is 0.452 e. The summed E-state index contributed by atoms with van der Waals surface area (Å²) in [6.45, 7) is 5.65. The van der Waals surface area contributed by atoms with E-state index in [4.69, 9.17) is 4.74 Å². The minimum Gasteiger partial charge on any atom is -0.452 e. The lowest BCUT2D eigenvalue weighted by atomic mass is 10.1. The van der Waals surface area contributed by atoms with Crippen LogP contribution in [0.1, 0.15) is 24.5 Å². The number of fused-ring (bicyclic) bond motifs is 1. The lowest BCUT2D eigenvalue weighted by Crippen LogP contribution is -2.38. The van der Waals surface area contributed by atoms with Crippen LogP contribution in [0.5, 0.6) is 0 Å². The standard InChI is InChI=1S/C22H24N2O4S/c1-14-8-9-17(15(2)12-14)23-22(27)16(3)28-21(26)10-11-24-18-6-4-5-7-19(18)29-13-20(24)25/h4-9,12,16H,10-11,13H2,1-3H3,(H,23,27)/t16-/m0/s1. The molecule has 1 heterocycles. The molecule has 2 aromatic carbocycles. The van der Waals surface area contributed by atoms with Gasteiger partial charge in [0, 0.05) is 17.1 Å². The Kier molecular flexibility index (Phi) is 6.59. The molecular weight excluding hydrogens is 388 g/mol. The molecule has 0 fully saturated rings. The van der Waals surface area contributed by atoms with E-state index in [9.17, 15) is 14.4 Å². The maximum atomic E-state index is 12.4. The molecule has 0 saturated carbocycles. The molecular formula is C22H24N2O4S. The molecule has 1 aliphatic rings. The molecule has 0 bridgehead atoms. The number of benzene rings is 2. The van der Waals surface area contributed by atoms with Crippen molar-refractivity contribution in [3.63, 3.8) is 0 Å². The molecule has 29 heavy (non-hydrogen) atoms. The molecule has 0 aliphatic carbocycles. The van der Waals surface area contributed by atoms with E-state index in [0.717, 1.165) is 21.7 Å². The molecule has 0 aromatic heterocycles. The Bertz CT molecular complexity index is 944. The SMILES string of the molecule is Cc1ccc(NC(=O)[C@H](C)OC(=O)CCN2C(=O)CSc3ccccc32)c(C)c1. The molecule has 0 radical (unpaired) electrons. The van der Waals surface area contributed by atoms with Gasteiger partial charge >= 0.3 is 5.97 Å². The molecule has 0 saturated heterocycles. The third-order valence-corrected chi connectivity index (χ3v) is 5.71. The van der Waals surface area contributed by atoms with E-state index >= 15 is 0 Å². The predicted molar refractivity (Wildman–Crippen MR) is 114 cm³/mol. The van der Waals surface area contributed by atoms with Gasteiger partial charge in [-0.1, -0.05) is 29.8 Å². The molecule has 0 unspecified atom stereocenters. The summed E-state index contributed by atoms with van der Waals surface area (Å²) in [5, 5.41) is 2.78. The second-order valence-electron chi connectivity index (χ2n) is 6.99. The van der Waals surface area contributed by atoms with Gasteiger partial charge in [-0.25, -0.2) is 0 Å². The zero-order valence-electron chi connectivity index (χ0n) is 16.7. The number of anilines is 2. The highest BCUT2D eigenvalue weighted by Gasteiger charge is 2.26. The van der Waals surface area contributed by atoms with E-state index in [0.29, 0.717) is 11.4 Å². The zero-order chi connectivity index (χ0) is 21.0. The molecule has 6 nitrogen and oxygen atoms in total. The van der Waals surface area contributed by atoms with Crippen molar-refractivity contribution >= 4 is 40.9 Å². The molecule has 0 spiro atoms. The Morgan fingerprint density at radius 1 is 1.21 bits per heavy atom. The van der Waals surface area contributed by atoms with Gasteiger partial charge < -0.3 is 15.0 Å². The highest BCUT2D eigenvalue weighted by atomic mass is 32.2. The van der Waals surface area contributed by atoms with Crippen molar-refractivity contribution in [1.82, 2.24) is 0 Å². The first-order valence-corrected chi connectivity index (χ1v) is 10.4. The van der Waals surface area contributed by atoms with Gasteiger partial charge in [-0.3, -0.25) is 14.4 Å².